The number of aliphatic hydroxyl groups excluding tert-OH is 2. The number of hydrogen-bond acceptors (Lipinski definition) is 5. The number of nitrogens with one attached hydrogen (secondary N) is 1. The molecule has 0 aliphatic heterocycles. The van der Waals surface area contributed by atoms with Crippen LogP contribution in [0.1, 0.15) is 213 Å². The zero-order chi connectivity index (χ0) is 34.1. The Labute approximate surface area is 285 Å². The van der Waals surface area contributed by atoms with Crippen LogP contribution in [0.5, 0.6) is 0 Å². The third-order valence-corrected chi connectivity index (χ3v) is 10.2. The number of unbranched alkanes of at least 4 members (excludes halogenated alkanes) is 27. The van der Waals surface area contributed by atoms with E-state index in [0.717, 1.165) is 44.9 Å². The second-order valence-electron chi connectivity index (χ2n) is 14.1. The SMILES string of the molecule is CCCCCCCCCCCCCCCCCCCC(O)C(=O)NC(CS(=O)(=O)O)C(O)CCCCCCCCCCCCCC. The lowest BCUT2D eigenvalue weighted by molar-refractivity contribution is -0.131. The van der Waals surface area contributed by atoms with Gasteiger partial charge in [-0.3, -0.25) is 9.35 Å². The van der Waals surface area contributed by atoms with Crippen molar-refractivity contribution in [1.29, 1.82) is 0 Å². The molecule has 0 radical (unpaired) electrons. The lowest BCUT2D eigenvalue weighted by Gasteiger charge is -2.24. The van der Waals surface area contributed by atoms with Crippen molar-refractivity contribution in [3.8, 4) is 0 Å². The summed E-state index contributed by atoms with van der Waals surface area (Å²) in [6.07, 6.45) is 34.0. The summed E-state index contributed by atoms with van der Waals surface area (Å²) < 4.78 is 32.5. The number of aliphatic hydroxyl groups is 2. The van der Waals surface area contributed by atoms with Gasteiger partial charge in [0, 0.05) is 0 Å². The van der Waals surface area contributed by atoms with Gasteiger partial charge in [0.1, 0.15) is 6.10 Å². The second kappa shape index (κ2) is 32.8. The zero-order valence-electron chi connectivity index (χ0n) is 30.3. The molecule has 0 fully saturated rings. The summed E-state index contributed by atoms with van der Waals surface area (Å²) in [6, 6.07) is -1.14. The first-order chi connectivity index (χ1) is 22.2. The van der Waals surface area contributed by atoms with Crippen LogP contribution >= 0.6 is 0 Å². The van der Waals surface area contributed by atoms with Gasteiger partial charge in [-0.1, -0.05) is 200 Å². The molecule has 3 unspecified atom stereocenters. The summed E-state index contributed by atoms with van der Waals surface area (Å²) in [4.78, 5) is 12.6. The Morgan fingerprint density at radius 1 is 0.500 bits per heavy atom. The van der Waals surface area contributed by atoms with Crippen LogP contribution in [0.25, 0.3) is 0 Å². The number of hydrogen-bond donors (Lipinski definition) is 4. The highest BCUT2D eigenvalue weighted by Gasteiger charge is 2.28. The minimum absolute atomic E-state index is 0.303. The van der Waals surface area contributed by atoms with Gasteiger partial charge in [0.05, 0.1) is 17.9 Å². The molecule has 0 aromatic rings. The van der Waals surface area contributed by atoms with Gasteiger partial charge in [-0.05, 0) is 12.8 Å². The molecule has 46 heavy (non-hydrogen) atoms. The van der Waals surface area contributed by atoms with Crippen LogP contribution in [0, 0.1) is 0 Å². The molecule has 0 aromatic carbocycles. The largest absolute Gasteiger partial charge is 0.391 e. The lowest BCUT2D eigenvalue weighted by Crippen LogP contribution is -2.50. The van der Waals surface area contributed by atoms with Gasteiger partial charge in [-0.25, -0.2) is 0 Å². The summed E-state index contributed by atoms with van der Waals surface area (Å²) in [7, 11) is -4.40. The zero-order valence-corrected chi connectivity index (χ0v) is 31.2. The predicted octanol–water partition coefficient (Wildman–Crippen LogP) is 10.2. The molecule has 4 N–H and O–H groups in total. The first kappa shape index (κ1) is 45.3. The van der Waals surface area contributed by atoms with E-state index in [1.165, 1.54) is 141 Å². The van der Waals surface area contributed by atoms with Gasteiger partial charge in [0.25, 0.3) is 10.1 Å². The van der Waals surface area contributed by atoms with Gasteiger partial charge in [-0.2, -0.15) is 8.42 Å². The van der Waals surface area contributed by atoms with Crippen LogP contribution in [0.2, 0.25) is 0 Å². The minimum atomic E-state index is -4.40. The summed E-state index contributed by atoms with van der Waals surface area (Å²) in [5.74, 6) is -1.44. The molecular weight excluding hydrogens is 598 g/mol. The van der Waals surface area contributed by atoms with E-state index < -0.39 is 40.0 Å². The molecule has 7 nitrogen and oxygen atoms in total. The van der Waals surface area contributed by atoms with Gasteiger partial charge in [0.2, 0.25) is 5.91 Å². The van der Waals surface area contributed by atoms with Crippen LogP contribution in [-0.2, 0) is 14.9 Å². The molecule has 0 spiro atoms. The Morgan fingerprint density at radius 2 is 0.783 bits per heavy atom. The molecular formula is C38H77NO6S. The Balaban J connectivity index is 3.95. The molecule has 3 atom stereocenters. The van der Waals surface area contributed by atoms with Crippen molar-refractivity contribution < 1.29 is 28.0 Å². The van der Waals surface area contributed by atoms with Crippen LogP contribution in [0.15, 0.2) is 0 Å². The highest BCUT2D eigenvalue weighted by molar-refractivity contribution is 7.85. The third kappa shape index (κ3) is 31.9. The van der Waals surface area contributed by atoms with Crippen molar-refractivity contribution >= 4 is 16.0 Å². The minimum Gasteiger partial charge on any atom is -0.391 e. The van der Waals surface area contributed by atoms with Gasteiger partial charge in [-0.15, -0.1) is 0 Å². The molecule has 276 valence electrons. The van der Waals surface area contributed by atoms with E-state index in [4.69, 9.17) is 0 Å². The molecule has 0 aromatic heterocycles. The predicted molar refractivity (Wildman–Crippen MR) is 195 cm³/mol. The summed E-state index contributed by atoms with van der Waals surface area (Å²) in [5, 5.41) is 23.5. The van der Waals surface area contributed by atoms with Crippen LogP contribution in [-0.4, -0.2) is 53.1 Å². The van der Waals surface area contributed by atoms with E-state index in [9.17, 15) is 28.0 Å². The Hall–Kier alpha value is -0.700. The quantitative estimate of drug-likeness (QED) is 0.0387. The van der Waals surface area contributed by atoms with Gasteiger partial charge >= 0.3 is 0 Å². The van der Waals surface area contributed by atoms with E-state index in [-0.39, 0.29) is 0 Å². The van der Waals surface area contributed by atoms with Crippen LogP contribution < -0.4 is 5.32 Å². The highest BCUT2D eigenvalue weighted by atomic mass is 32.2. The van der Waals surface area contributed by atoms with Crippen LogP contribution in [0.3, 0.4) is 0 Å². The molecule has 0 rings (SSSR count). The molecule has 1 amide bonds. The van der Waals surface area contributed by atoms with Crippen molar-refractivity contribution in [1.82, 2.24) is 5.32 Å². The Bertz CT molecular complexity index is 762. The maximum absolute atomic E-state index is 12.6. The standard InChI is InChI=1S/C38H77NO6S/c1-3-5-7-9-11-13-15-17-18-19-20-21-23-25-27-29-31-33-37(41)38(42)39-35(34-46(43,44)45)36(40)32-30-28-26-24-22-16-14-12-10-8-6-4-2/h35-37,40-41H,3-34H2,1-2H3,(H,39,42)(H,43,44,45). The maximum atomic E-state index is 12.6. The fraction of sp³-hybridized carbons (Fsp3) is 0.974. The van der Waals surface area contributed by atoms with E-state index in [2.05, 4.69) is 19.2 Å². The molecule has 0 saturated heterocycles. The number of carbonyl (C=O) groups excluding carboxylic acids is 1. The maximum Gasteiger partial charge on any atom is 0.266 e. The molecule has 0 heterocycles. The van der Waals surface area contributed by atoms with Gasteiger partial charge < -0.3 is 15.5 Å². The molecule has 0 bridgehead atoms. The third-order valence-electron chi connectivity index (χ3n) is 9.42. The average molecular weight is 676 g/mol. The fourth-order valence-corrected chi connectivity index (χ4v) is 7.10. The fourth-order valence-electron chi connectivity index (χ4n) is 6.34. The number of rotatable bonds is 36. The molecule has 0 aliphatic carbocycles. The average Bonchev–Trinajstić information content (AvgIpc) is 3.01. The van der Waals surface area contributed by atoms with Crippen molar-refractivity contribution in [2.24, 2.45) is 0 Å². The van der Waals surface area contributed by atoms with Crippen molar-refractivity contribution in [2.75, 3.05) is 5.75 Å². The second-order valence-corrected chi connectivity index (χ2v) is 15.6. The van der Waals surface area contributed by atoms with Crippen molar-refractivity contribution in [3.05, 3.63) is 0 Å². The summed E-state index contributed by atoms with van der Waals surface area (Å²) in [6.45, 7) is 4.50. The monoisotopic (exact) mass is 676 g/mol. The summed E-state index contributed by atoms with van der Waals surface area (Å²) in [5.41, 5.74) is 0. The normalized spacial score (nSPS) is 13.9. The first-order valence-corrected chi connectivity index (χ1v) is 21.4. The van der Waals surface area contributed by atoms with E-state index in [1.807, 2.05) is 0 Å². The molecule has 0 saturated carbocycles. The number of amides is 1. The first-order valence-electron chi connectivity index (χ1n) is 19.8. The molecule has 8 heteroatoms. The number of carbonyl (C=O) groups is 1. The molecule has 0 aliphatic rings. The van der Waals surface area contributed by atoms with E-state index in [1.54, 1.807) is 0 Å². The van der Waals surface area contributed by atoms with Crippen LogP contribution in [0.4, 0.5) is 0 Å². The van der Waals surface area contributed by atoms with Gasteiger partial charge in [0.15, 0.2) is 0 Å². The highest BCUT2D eigenvalue weighted by Crippen LogP contribution is 2.16. The Morgan fingerprint density at radius 3 is 1.09 bits per heavy atom. The smallest absolute Gasteiger partial charge is 0.266 e. The summed E-state index contributed by atoms with van der Waals surface area (Å²) >= 11 is 0. The van der Waals surface area contributed by atoms with E-state index >= 15 is 0 Å². The lowest BCUT2D eigenvalue weighted by atomic mass is 10.0. The van der Waals surface area contributed by atoms with Crippen molar-refractivity contribution in [2.45, 2.75) is 231 Å². The Kier molecular flexibility index (Phi) is 32.3. The van der Waals surface area contributed by atoms with E-state index in [0.29, 0.717) is 12.8 Å². The van der Waals surface area contributed by atoms with Crippen molar-refractivity contribution in [3.63, 3.8) is 0 Å². The topological polar surface area (TPSA) is 124 Å².